The van der Waals surface area contributed by atoms with Gasteiger partial charge in [0.25, 0.3) is 0 Å². The van der Waals surface area contributed by atoms with Gasteiger partial charge in [-0.1, -0.05) is 85.0 Å². The molecule has 4 rings (SSSR count). The smallest absolute Gasteiger partial charge is 0.304 e. The Labute approximate surface area is 255 Å². The van der Waals surface area contributed by atoms with E-state index in [2.05, 4.69) is 4.72 Å². The first kappa shape index (κ1) is 31.3. The third kappa shape index (κ3) is 6.89. The normalized spacial score (nSPS) is 22.0. The average molecular weight is 638 g/mol. The van der Waals surface area contributed by atoms with Crippen LogP contribution >= 0.6 is 34.8 Å². The summed E-state index contributed by atoms with van der Waals surface area (Å²) in [7, 11) is -4.01. The zero-order valence-electron chi connectivity index (χ0n) is 22.6. The van der Waals surface area contributed by atoms with Crippen molar-refractivity contribution in [2.24, 2.45) is 5.41 Å². The third-order valence-electron chi connectivity index (χ3n) is 7.63. The van der Waals surface area contributed by atoms with Crippen LogP contribution in [0.15, 0.2) is 77.7 Å². The number of sulfonamides is 1. The molecule has 0 radical (unpaired) electrons. The number of piperidine rings is 1. The fourth-order valence-corrected chi connectivity index (χ4v) is 7.58. The first-order chi connectivity index (χ1) is 19.4. The summed E-state index contributed by atoms with van der Waals surface area (Å²) < 4.78 is 29.1. The molecule has 41 heavy (non-hydrogen) atoms. The second-order valence-electron chi connectivity index (χ2n) is 10.6. The lowest BCUT2D eigenvalue weighted by Gasteiger charge is -2.52. The van der Waals surface area contributed by atoms with Gasteiger partial charge in [-0.15, -0.1) is 0 Å². The topological polar surface area (TPSA) is 104 Å². The first-order valence-electron chi connectivity index (χ1n) is 13.2. The molecule has 1 aliphatic rings. The Morgan fingerprint density at radius 2 is 1.71 bits per heavy atom. The molecule has 1 saturated heterocycles. The van der Waals surface area contributed by atoms with E-state index in [-0.39, 0.29) is 41.1 Å². The number of carboxylic acids is 1. The summed E-state index contributed by atoms with van der Waals surface area (Å²) >= 11 is 18.8. The van der Waals surface area contributed by atoms with E-state index in [1.165, 1.54) is 12.1 Å². The SMILES string of the molecule is CCC(CNS(=O)(=O)c1ccccc1Cl)N1C(=O)[C@@](C)(CC(=O)O)C[C@H](c2cccc(Cl)c2)[C@H]1c1ccc(Cl)cc1. The summed E-state index contributed by atoms with van der Waals surface area (Å²) in [5.41, 5.74) is 0.382. The Kier molecular flexibility index (Phi) is 9.71. The molecule has 7 nitrogen and oxygen atoms in total. The lowest BCUT2D eigenvalue weighted by Crippen LogP contribution is -2.58. The van der Waals surface area contributed by atoms with Gasteiger partial charge in [-0.3, -0.25) is 9.59 Å². The van der Waals surface area contributed by atoms with E-state index in [0.717, 1.165) is 11.1 Å². The lowest BCUT2D eigenvalue weighted by atomic mass is 9.67. The monoisotopic (exact) mass is 636 g/mol. The first-order valence-corrected chi connectivity index (χ1v) is 15.8. The minimum Gasteiger partial charge on any atom is -0.481 e. The second-order valence-corrected chi connectivity index (χ2v) is 13.6. The number of nitrogens with zero attached hydrogens (tertiary/aromatic N) is 1. The highest BCUT2D eigenvalue weighted by Gasteiger charge is 2.52. The summed E-state index contributed by atoms with van der Waals surface area (Å²) in [6, 6.07) is 19.4. The number of nitrogens with one attached hydrogen (secondary N) is 1. The highest BCUT2D eigenvalue weighted by Crippen LogP contribution is 2.52. The highest BCUT2D eigenvalue weighted by molar-refractivity contribution is 7.89. The van der Waals surface area contributed by atoms with Gasteiger partial charge in [0, 0.05) is 28.5 Å². The van der Waals surface area contributed by atoms with Gasteiger partial charge in [-0.05, 0) is 60.4 Å². The molecule has 0 bridgehead atoms. The number of carboxylic acid groups (broad SMARTS) is 1. The largest absolute Gasteiger partial charge is 0.481 e. The fraction of sp³-hybridized carbons (Fsp3) is 0.333. The van der Waals surface area contributed by atoms with Crippen molar-refractivity contribution in [3.63, 3.8) is 0 Å². The van der Waals surface area contributed by atoms with Crippen molar-refractivity contribution in [1.82, 2.24) is 9.62 Å². The molecule has 2 N–H and O–H groups in total. The van der Waals surface area contributed by atoms with Crippen molar-refractivity contribution in [3.8, 4) is 0 Å². The van der Waals surface area contributed by atoms with Crippen LogP contribution in [0.1, 0.15) is 56.2 Å². The number of halogens is 3. The van der Waals surface area contributed by atoms with Crippen LogP contribution in [0.4, 0.5) is 0 Å². The molecule has 11 heteroatoms. The van der Waals surface area contributed by atoms with Crippen LogP contribution < -0.4 is 4.72 Å². The van der Waals surface area contributed by atoms with E-state index in [1.54, 1.807) is 42.2 Å². The Balaban J connectivity index is 1.83. The van der Waals surface area contributed by atoms with Crippen molar-refractivity contribution >= 4 is 56.7 Å². The van der Waals surface area contributed by atoms with E-state index < -0.39 is 33.5 Å². The number of hydrogen-bond acceptors (Lipinski definition) is 4. The molecule has 1 aliphatic heterocycles. The van der Waals surface area contributed by atoms with Crippen LogP contribution in [0.25, 0.3) is 0 Å². The van der Waals surface area contributed by atoms with Crippen molar-refractivity contribution in [2.75, 3.05) is 6.54 Å². The van der Waals surface area contributed by atoms with Gasteiger partial charge >= 0.3 is 5.97 Å². The van der Waals surface area contributed by atoms with Crippen LogP contribution in [-0.2, 0) is 19.6 Å². The Morgan fingerprint density at radius 1 is 1.02 bits per heavy atom. The molecule has 1 heterocycles. The minimum atomic E-state index is -4.01. The van der Waals surface area contributed by atoms with Gasteiger partial charge in [0.1, 0.15) is 4.90 Å². The number of benzene rings is 3. The molecular formula is C30H31Cl3N2O5S. The maximum absolute atomic E-state index is 14.3. The number of aliphatic carboxylic acids is 1. The molecule has 218 valence electrons. The van der Waals surface area contributed by atoms with Crippen LogP contribution in [0.5, 0.6) is 0 Å². The second kappa shape index (κ2) is 12.7. The predicted octanol–water partition coefficient (Wildman–Crippen LogP) is 6.94. The number of likely N-dealkylation sites (tertiary alicyclic amines) is 1. The summed E-state index contributed by atoms with van der Waals surface area (Å²) in [5.74, 6) is -1.80. The van der Waals surface area contributed by atoms with Crippen molar-refractivity contribution in [3.05, 3.63) is 99.0 Å². The number of amides is 1. The number of carbonyl (C=O) groups is 2. The Morgan fingerprint density at radius 3 is 2.32 bits per heavy atom. The fourth-order valence-electron chi connectivity index (χ4n) is 5.67. The predicted molar refractivity (Wildman–Crippen MR) is 161 cm³/mol. The summed E-state index contributed by atoms with van der Waals surface area (Å²) in [4.78, 5) is 27.9. The molecule has 3 aromatic carbocycles. The molecule has 4 atom stereocenters. The molecule has 0 spiro atoms. The van der Waals surface area contributed by atoms with Crippen molar-refractivity contribution < 1.29 is 23.1 Å². The summed E-state index contributed by atoms with van der Waals surface area (Å²) in [5, 5.41) is 10.9. The maximum atomic E-state index is 14.3. The van der Waals surface area contributed by atoms with Crippen LogP contribution in [0.3, 0.4) is 0 Å². The van der Waals surface area contributed by atoms with Gasteiger partial charge in [-0.25, -0.2) is 13.1 Å². The van der Waals surface area contributed by atoms with Crippen LogP contribution in [-0.4, -0.2) is 42.9 Å². The van der Waals surface area contributed by atoms with Gasteiger partial charge < -0.3 is 10.0 Å². The quantitative estimate of drug-likeness (QED) is 0.251. The van der Waals surface area contributed by atoms with E-state index in [4.69, 9.17) is 34.8 Å². The molecular weight excluding hydrogens is 607 g/mol. The minimum absolute atomic E-state index is 0.0664. The zero-order valence-corrected chi connectivity index (χ0v) is 25.6. The third-order valence-corrected chi connectivity index (χ3v) is 10.0. The van der Waals surface area contributed by atoms with Crippen LogP contribution in [0.2, 0.25) is 15.1 Å². The Hall–Kier alpha value is -2.62. The number of carbonyl (C=O) groups excluding carboxylic acids is 1. The molecule has 3 aromatic rings. The van der Waals surface area contributed by atoms with Gasteiger partial charge in [-0.2, -0.15) is 0 Å². The molecule has 0 aliphatic carbocycles. The Bertz CT molecular complexity index is 1530. The molecule has 1 amide bonds. The van der Waals surface area contributed by atoms with E-state index in [0.29, 0.717) is 16.5 Å². The van der Waals surface area contributed by atoms with Gasteiger partial charge in [0.2, 0.25) is 15.9 Å². The zero-order chi connectivity index (χ0) is 29.9. The van der Waals surface area contributed by atoms with E-state index in [1.807, 2.05) is 37.3 Å². The lowest BCUT2D eigenvalue weighted by molar-refractivity contribution is -0.160. The highest BCUT2D eigenvalue weighted by atomic mass is 35.5. The number of hydrogen-bond donors (Lipinski definition) is 2. The molecule has 0 aromatic heterocycles. The van der Waals surface area contributed by atoms with Crippen molar-refractivity contribution in [2.45, 2.75) is 56.0 Å². The van der Waals surface area contributed by atoms with E-state index >= 15 is 0 Å². The van der Waals surface area contributed by atoms with E-state index in [9.17, 15) is 23.1 Å². The molecule has 1 unspecified atom stereocenters. The average Bonchev–Trinajstić information content (AvgIpc) is 2.91. The van der Waals surface area contributed by atoms with Crippen molar-refractivity contribution in [1.29, 1.82) is 0 Å². The standard InChI is InChI=1S/C30H31Cl3N2O5S/c1-3-23(18-34-41(39,40)26-10-5-4-9-25(26)33)35-28(19-11-13-21(31)14-12-19)24(20-7-6-8-22(32)15-20)16-30(2,29(35)38)17-27(36)37/h4-15,23-24,28,34H,3,16-18H2,1-2H3,(H,36,37)/t23?,24-,28-,30-/m1/s1. The van der Waals surface area contributed by atoms with Gasteiger partial charge in [0.15, 0.2) is 0 Å². The van der Waals surface area contributed by atoms with Gasteiger partial charge in [0.05, 0.1) is 22.9 Å². The summed E-state index contributed by atoms with van der Waals surface area (Å²) in [6.45, 7) is 3.41. The maximum Gasteiger partial charge on any atom is 0.304 e. The van der Waals surface area contributed by atoms with Crippen LogP contribution in [0, 0.1) is 5.41 Å². The summed E-state index contributed by atoms with van der Waals surface area (Å²) in [6.07, 6.45) is 0.269. The molecule has 1 fully saturated rings. The number of rotatable bonds is 10. The molecule has 0 saturated carbocycles.